The van der Waals surface area contributed by atoms with Crippen molar-refractivity contribution in [1.29, 1.82) is 0 Å². The molecule has 0 aliphatic carbocycles. The molecule has 0 fully saturated rings. The highest BCUT2D eigenvalue weighted by Gasteiger charge is 2.22. The van der Waals surface area contributed by atoms with E-state index in [1.54, 1.807) is 30.5 Å². The van der Waals surface area contributed by atoms with E-state index in [1.807, 2.05) is 37.3 Å². The molecule has 1 heterocycles. The summed E-state index contributed by atoms with van der Waals surface area (Å²) in [6.45, 7) is 1.87. The van der Waals surface area contributed by atoms with Gasteiger partial charge in [0.05, 0.1) is 16.9 Å². The Labute approximate surface area is 139 Å². The fourth-order valence-corrected chi connectivity index (χ4v) is 3.23. The van der Waals surface area contributed by atoms with Gasteiger partial charge < -0.3 is 10.6 Å². The lowest BCUT2D eigenvalue weighted by atomic mass is 10.1. The average molecular weight is 331 g/mol. The SMILES string of the molecule is C[C@@H](C[S@](C)=O)N(C)C(=O)c1ccnc(-c2ccccc2)c1N. The Morgan fingerprint density at radius 1 is 1.30 bits per heavy atom. The van der Waals surface area contributed by atoms with Crippen molar-refractivity contribution in [3.05, 3.63) is 48.2 Å². The minimum Gasteiger partial charge on any atom is -0.396 e. The van der Waals surface area contributed by atoms with Crippen LogP contribution in [0.3, 0.4) is 0 Å². The molecular weight excluding hydrogens is 310 g/mol. The molecule has 5 nitrogen and oxygen atoms in total. The summed E-state index contributed by atoms with van der Waals surface area (Å²) < 4.78 is 11.4. The van der Waals surface area contributed by atoms with Crippen LogP contribution in [0.25, 0.3) is 11.3 Å². The zero-order chi connectivity index (χ0) is 17.0. The minimum absolute atomic E-state index is 0.138. The van der Waals surface area contributed by atoms with Crippen LogP contribution in [-0.2, 0) is 10.8 Å². The van der Waals surface area contributed by atoms with Crippen molar-refractivity contribution in [2.24, 2.45) is 0 Å². The van der Waals surface area contributed by atoms with Gasteiger partial charge in [-0.2, -0.15) is 0 Å². The van der Waals surface area contributed by atoms with Crippen LogP contribution in [0.2, 0.25) is 0 Å². The monoisotopic (exact) mass is 331 g/mol. The molecule has 0 bridgehead atoms. The van der Waals surface area contributed by atoms with Crippen LogP contribution >= 0.6 is 0 Å². The van der Waals surface area contributed by atoms with Crippen LogP contribution in [-0.4, -0.2) is 45.1 Å². The summed E-state index contributed by atoms with van der Waals surface area (Å²) in [7, 11) is 0.730. The maximum absolute atomic E-state index is 12.7. The number of hydrogen-bond donors (Lipinski definition) is 1. The molecule has 122 valence electrons. The summed E-state index contributed by atoms with van der Waals surface area (Å²) in [5.74, 6) is 0.235. The standard InChI is InChI=1S/C17H21N3O2S/c1-12(11-23(3)22)20(2)17(21)14-9-10-19-16(15(14)18)13-7-5-4-6-8-13/h4-10,12H,11,18H2,1-3H3/t12-,23-/m0/s1. The minimum atomic E-state index is -0.966. The number of pyridine rings is 1. The van der Waals surface area contributed by atoms with Gasteiger partial charge in [-0.05, 0) is 13.0 Å². The molecular formula is C17H21N3O2S. The van der Waals surface area contributed by atoms with Crippen LogP contribution in [0.15, 0.2) is 42.6 Å². The fraction of sp³-hybridized carbons (Fsp3) is 0.294. The van der Waals surface area contributed by atoms with Crippen LogP contribution in [0.1, 0.15) is 17.3 Å². The van der Waals surface area contributed by atoms with Gasteiger partial charge in [0.15, 0.2) is 0 Å². The van der Waals surface area contributed by atoms with E-state index in [9.17, 15) is 9.00 Å². The number of carbonyl (C=O) groups is 1. The van der Waals surface area contributed by atoms with Crippen LogP contribution in [0.5, 0.6) is 0 Å². The second kappa shape index (κ2) is 7.37. The number of benzene rings is 1. The Morgan fingerprint density at radius 2 is 1.96 bits per heavy atom. The molecule has 6 heteroatoms. The van der Waals surface area contributed by atoms with E-state index in [0.29, 0.717) is 22.7 Å². The third-order valence-electron chi connectivity index (χ3n) is 3.73. The Hall–Kier alpha value is -2.21. The number of amides is 1. The number of nitrogens with zero attached hydrogens (tertiary/aromatic N) is 2. The Morgan fingerprint density at radius 3 is 2.57 bits per heavy atom. The van der Waals surface area contributed by atoms with Crippen molar-refractivity contribution >= 4 is 22.4 Å². The molecule has 23 heavy (non-hydrogen) atoms. The van der Waals surface area contributed by atoms with E-state index in [-0.39, 0.29) is 11.9 Å². The highest BCUT2D eigenvalue weighted by molar-refractivity contribution is 7.84. The third kappa shape index (κ3) is 3.96. The largest absolute Gasteiger partial charge is 0.396 e. The zero-order valence-electron chi connectivity index (χ0n) is 13.5. The van der Waals surface area contributed by atoms with E-state index in [4.69, 9.17) is 5.73 Å². The molecule has 0 aliphatic rings. The summed E-state index contributed by atoms with van der Waals surface area (Å²) in [6.07, 6.45) is 3.21. The summed E-state index contributed by atoms with van der Waals surface area (Å²) in [4.78, 5) is 18.6. The van der Waals surface area contributed by atoms with E-state index in [0.717, 1.165) is 5.56 Å². The molecule has 2 aromatic rings. The number of aromatic nitrogens is 1. The first-order chi connectivity index (χ1) is 10.9. The summed E-state index contributed by atoms with van der Waals surface area (Å²) in [5, 5.41) is 0. The first kappa shape index (κ1) is 17.1. The van der Waals surface area contributed by atoms with Crippen LogP contribution in [0.4, 0.5) is 5.69 Å². The molecule has 2 N–H and O–H groups in total. The van der Waals surface area contributed by atoms with Gasteiger partial charge in [0.1, 0.15) is 0 Å². The molecule has 0 saturated carbocycles. The van der Waals surface area contributed by atoms with Gasteiger partial charge in [0.2, 0.25) is 0 Å². The van der Waals surface area contributed by atoms with E-state index in [2.05, 4.69) is 4.98 Å². The van der Waals surface area contributed by atoms with Gasteiger partial charge >= 0.3 is 0 Å². The predicted octanol–water partition coefficient (Wildman–Crippen LogP) is 2.17. The van der Waals surface area contributed by atoms with Gasteiger partial charge in [-0.1, -0.05) is 30.3 Å². The van der Waals surface area contributed by atoms with Crippen LogP contribution < -0.4 is 5.73 Å². The Bertz CT molecular complexity index is 719. The lowest BCUT2D eigenvalue weighted by Gasteiger charge is -2.25. The van der Waals surface area contributed by atoms with E-state index >= 15 is 0 Å². The highest BCUT2D eigenvalue weighted by atomic mass is 32.2. The third-order valence-corrected chi connectivity index (χ3v) is 4.68. The van der Waals surface area contributed by atoms with Gasteiger partial charge in [-0.3, -0.25) is 14.0 Å². The smallest absolute Gasteiger partial charge is 0.256 e. The molecule has 0 spiro atoms. The summed E-state index contributed by atoms with van der Waals surface area (Å²) in [6, 6.07) is 11.0. The first-order valence-corrected chi connectivity index (χ1v) is 9.01. The second-order valence-electron chi connectivity index (χ2n) is 5.49. The van der Waals surface area contributed by atoms with Gasteiger partial charge in [-0.25, -0.2) is 0 Å². The number of carbonyl (C=O) groups excluding carboxylic acids is 1. The number of anilines is 1. The van der Waals surface area contributed by atoms with E-state index < -0.39 is 10.8 Å². The maximum atomic E-state index is 12.7. The number of nitrogen functional groups attached to an aromatic ring is 1. The fourth-order valence-electron chi connectivity index (χ4n) is 2.33. The lowest BCUT2D eigenvalue weighted by molar-refractivity contribution is 0.0758. The molecule has 2 atom stereocenters. The van der Waals surface area contributed by atoms with Crippen molar-refractivity contribution in [2.45, 2.75) is 13.0 Å². The topological polar surface area (TPSA) is 76.3 Å². The average Bonchev–Trinajstić information content (AvgIpc) is 2.54. The van der Waals surface area contributed by atoms with Crippen molar-refractivity contribution in [3.8, 4) is 11.3 Å². The predicted molar refractivity (Wildman–Crippen MR) is 94.6 cm³/mol. The molecule has 0 aliphatic heterocycles. The molecule has 2 rings (SSSR count). The van der Waals surface area contributed by atoms with Gasteiger partial charge in [0.25, 0.3) is 5.91 Å². The number of nitrogens with two attached hydrogens (primary N) is 1. The summed E-state index contributed by atoms with van der Waals surface area (Å²) >= 11 is 0. The van der Waals surface area contributed by atoms with Crippen molar-refractivity contribution in [1.82, 2.24) is 9.88 Å². The Balaban J connectivity index is 2.33. The molecule has 1 amide bonds. The molecule has 0 radical (unpaired) electrons. The zero-order valence-corrected chi connectivity index (χ0v) is 14.3. The molecule has 1 aromatic carbocycles. The lowest BCUT2D eigenvalue weighted by Crippen LogP contribution is -2.38. The van der Waals surface area contributed by atoms with Crippen molar-refractivity contribution < 1.29 is 9.00 Å². The van der Waals surface area contributed by atoms with Crippen molar-refractivity contribution in [3.63, 3.8) is 0 Å². The number of hydrogen-bond acceptors (Lipinski definition) is 4. The maximum Gasteiger partial charge on any atom is 0.256 e. The van der Waals surface area contributed by atoms with Gasteiger partial charge in [0, 0.05) is 47.7 Å². The normalized spacial score (nSPS) is 13.3. The number of rotatable bonds is 5. The summed E-state index contributed by atoms with van der Waals surface area (Å²) in [5.41, 5.74) is 8.42. The Kier molecular flexibility index (Phi) is 5.50. The first-order valence-electron chi connectivity index (χ1n) is 7.29. The quantitative estimate of drug-likeness (QED) is 0.911. The van der Waals surface area contributed by atoms with Crippen LogP contribution in [0, 0.1) is 0 Å². The molecule has 1 aromatic heterocycles. The second-order valence-corrected chi connectivity index (χ2v) is 6.97. The van der Waals surface area contributed by atoms with Crippen molar-refractivity contribution in [2.75, 3.05) is 24.8 Å². The molecule has 0 unspecified atom stereocenters. The molecule has 0 saturated heterocycles. The highest BCUT2D eigenvalue weighted by Crippen LogP contribution is 2.27. The van der Waals surface area contributed by atoms with Gasteiger partial charge in [-0.15, -0.1) is 0 Å². The van der Waals surface area contributed by atoms with E-state index in [1.165, 1.54) is 0 Å².